The van der Waals surface area contributed by atoms with Crippen molar-refractivity contribution in [3.8, 4) is 22.4 Å². The van der Waals surface area contributed by atoms with E-state index in [-0.39, 0.29) is 0 Å². The average molecular weight is 419 g/mol. The molecule has 0 saturated heterocycles. The Balaban J connectivity index is 1.55. The lowest BCUT2D eigenvalue weighted by Crippen LogP contribution is -1.99. The Bertz CT molecular complexity index is 1410. The summed E-state index contributed by atoms with van der Waals surface area (Å²) < 4.78 is 6.40. The first-order valence-corrected chi connectivity index (χ1v) is 11.6. The van der Waals surface area contributed by atoms with Crippen LogP contribution in [0.1, 0.15) is 36.9 Å². The lowest BCUT2D eigenvalue weighted by atomic mass is 9.94. The summed E-state index contributed by atoms with van der Waals surface area (Å²) in [6.45, 7) is 2.00. The maximum atomic E-state index is 6.40. The van der Waals surface area contributed by atoms with Crippen LogP contribution in [0.4, 0.5) is 0 Å². The van der Waals surface area contributed by atoms with Gasteiger partial charge in [0.2, 0.25) is 5.71 Å². The largest absolute Gasteiger partial charge is 0.437 e. The van der Waals surface area contributed by atoms with E-state index in [4.69, 9.17) is 9.40 Å². The maximum absolute atomic E-state index is 6.40. The molecule has 3 heterocycles. The Morgan fingerprint density at radius 2 is 1.72 bits per heavy atom. The van der Waals surface area contributed by atoms with E-state index in [1.165, 1.54) is 36.8 Å². The van der Waals surface area contributed by atoms with Gasteiger partial charge in [-0.2, -0.15) is 0 Å². The average Bonchev–Trinajstić information content (AvgIpc) is 3.46. The zero-order valence-corrected chi connectivity index (χ0v) is 18.3. The molecule has 3 heteroatoms. The zero-order valence-electron chi connectivity index (χ0n) is 18.3. The quantitative estimate of drug-likeness (QED) is 0.299. The van der Waals surface area contributed by atoms with Crippen molar-refractivity contribution in [2.75, 3.05) is 0 Å². The highest BCUT2D eigenvalue weighted by Crippen LogP contribution is 2.41. The van der Waals surface area contributed by atoms with Gasteiger partial charge in [0.05, 0.1) is 5.69 Å². The number of hydrogen-bond acceptors (Lipinski definition) is 3. The molecule has 3 aromatic heterocycles. The summed E-state index contributed by atoms with van der Waals surface area (Å²) >= 11 is 0. The fourth-order valence-corrected chi connectivity index (χ4v) is 5.21. The summed E-state index contributed by atoms with van der Waals surface area (Å²) in [6.07, 6.45) is 8.53. The Kier molecular flexibility index (Phi) is 4.75. The van der Waals surface area contributed by atoms with Gasteiger partial charge in [-0.25, -0.2) is 4.98 Å². The SMILES string of the molecule is Cc1ccc2c(n1)oc1c(-c3cc(CC4CCCC4)ccn3)ccc(-c3ccccc3)c12. The molecule has 3 nitrogen and oxygen atoms in total. The van der Waals surface area contributed by atoms with Gasteiger partial charge in [-0.1, -0.05) is 62.1 Å². The Morgan fingerprint density at radius 3 is 2.56 bits per heavy atom. The molecule has 0 radical (unpaired) electrons. The predicted octanol–water partition coefficient (Wildman–Crippen LogP) is 7.75. The molecule has 32 heavy (non-hydrogen) atoms. The van der Waals surface area contributed by atoms with Crippen molar-refractivity contribution in [3.63, 3.8) is 0 Å². The maximum Gasteiger partial charge on any atom is 0.227 e. The van der Waals surface area contributed by atoms with Crippen molar-refractivity contribution >= 4 is 22.1 Å². The standard InChI is InChI=1S/C29H26N2O/c1-19-11-12-25-27-23(22-9-3-2-4-10-22)13-14-24(28(27)32-29(25)31-19)26-18-21(15-16-30-26)17-20-7-5-6-8-20/h2-4,9-16,18,20H,5-8,17H2,1H3. The van der Waals surface area contributed by atoms with Crippen LogP contribution in [0, 0.1) is 12.8 Å². The molecule has 0 aliphatic heterocycles. The van der Waals surface area contributed by atoms with Crippen molar-refractivity contribution in [1.29, 1.82) is 0 Å². The highest BCUT2D eigenvalue weighted by atomic mass is 16.3. The first kappa shape index (κ1) is 19.2. The summed E-state index contributed by atoms with van der Waals surface area (Å²) in [5.41, 5.74) is 8.22. The summed E-state index contributed by atoms with van der Waals surface area (Å²) in [6, 6.07) is 23.5. The van der Waals surface area contributed by atoms with Crippen LogP contribution in [0.3, 0.4) is 0 Å². The molecule has 2 aromatic carbocycles. The number of fused-ring (bicyclic) bond motifs is 3. The summed E-state index contributed by atoms with van der Waals surface area (Å²) in [5, 5.41) is 2.16. The van der Waals surface area contributed by atoms with Gasteiger partial charge in [-0.15, -0.1) is 0 Å². The third-order valence-electron chi connectivity index (χ3n) is 6.81. The molecule has 0 unspecified atom stereocenters. The molecule has 0 atom stereocenters. The molecular weight excluding hydrogens is 392 g/mol. The van der Waals surface area contributed by atoms with Crippen LogP contribution in [0.2, 0.25) is 0 Å². The van der Waals surface area contributed by atoms with Gasteiger partial charge < -0.3 is 4.42 Å². The van der Waals surface area contributed by atoms with Gasteiger partial charge in [-0.3, -0.25) is 4.98 Å². The van der Waals surface area contributed by atoms with Gasteiger partial charge in [0.1, 0.15) is 5.58 Å². The van der Waals surface area contributed by atoms with E-state index in [1.807, 2.05) is 19.2 Å². The van der Waals surface area contributed by atoms with Crippen LogP contribution >= 0.6 is 0 Å². The summed E-state index contributed by atoms with van der Waals surface area (Å²) in [5.74, 6) is 0.809. The fourth-order valence-electron chi connectivity index (χ4n) is 5.21. The normalized spacial score (nSPS) is 14.5. The highest BCUT2D eigenvalue weighted by Gasteiger charge is 2.20. The second kappa shape index (κ2) is 7.90. The second-order valence-electron chi connectivity index (χ2n) is 9.04. The topological polar surface area (TPSA) is 38.9 Å². The van der Waals surface area contributed by atoms with Gasteiger partial charge in [0.15, 0.2) is 0 Å². The molecule has 1 saturated carbocycles. The van der Waals surface area contributed by atoms with Gasteiger partial charge in [-0.05, 0) is 66.3 Å². The van der Waals surface area contributed by atoms with Crippen LogP contribution in [0.15, 0.2) is 77.3 Å². The van der Waals surface area contributed by atoms with Crippen molar-refractivity contribution in [2.45, 2.75) is 39.0 Å². The molecule has 158 valence electrons. The molecule has 0 amide bonds. The molecule has 5 aromatic rings. The molecule has 0 bridgehead atoms. The molecule has 0 N–H and O–H groups in total. The number of aryl methyl sites for hydroxylation is 1. The van der Waals surface area contributed by atoms with Crippen LogP contribution in [-0.2, 0) is 6.42 Å². The van der Waals surface area contributed by atoms with E-state index in [0.29, 0.717) is 5.71 Å². The van der Waals surface area contributed by atoms with E-state index in [9.17, 15) is 0 Å². The molecule has 1 aliphatic carbocycles. The molecule has 1 aliphatic rings. The smallest absolute Gasteiger partial charge is 0.227 e. The van der Waals surface area contributed by atoms with Crippen molar-refractivity contribution in [2.24, 2.45) is 5.92 Å². The summed E-state index contributed by atoms with van der Waals surface area (Å²) in [4.78, 5) is 9.43. The van der Waals surface area contributed by atoms with E-state index >= 15 is 0 Å². The molecule has 6 rings (SSSR count). The Hall–Kier alpha value is -3.46. The Morgan fingerprint density at radius 1 is 0.906 bits per heavy atom. The number of benzene rings is 2. The van der Waals surface area contributed by atoms with E-state index in [2.05, 4.69) is 65.6 Å². The van der Waals surface area contributed by atoms with E-state index < -0.39 is 0 Å². The van der Waals surface area contributed by atoms with Crippen molar-refractivity contribution in [3.05, 3.63) is 84.2 Å². The first-order valence-electron chi connectivity index (χ1n) is 11.6. The fraction of sp³-hybridized carbons (Fsp3) is 0.241. The number of aromatic nitrogens is 2. The monoisotopic (exact) mass is 418 g/mol. The third-order valence-corrected chi connectivity index (χ3v) is 6.81. The lowest BCUT2D eigenvalue weighted by molar-refractivity contribution is 0.546. The number of rotatable bonds is 4. The Labute approximate surface area is 188 Å². The minimum atomic E-state index is 0.687. The van der Waals surface area contributed by atoms with E-state index in [1.54, 1.807) is 0 Å². The van der Waals surface area contributed by atoms with Crippen LogP contribution in [-0.4, -0.2) is 9.97 Å². The third kappa shape index (κ3) is 3.38. The van der Waals surface area contributed by atoms with Crippen LogP contribution in [0.25, 0.3) is 44.5 Å². The minimum absolute atomic E-state index is 0.687. The molecule has 0 spiro atoms. The lowest BCUT2D eigenvalue weighted by Gasteiger charge is -2.11. The molecule has 1 fully saturated rings. The molecular formula is C29H26N2O. The minimum Gasteiger partial charge on any atom is -0.437 e. The number of nitrogens with zero attached hydrogens (tertiary/aromatic N) is 2. The first-order chi connectivity index (χ1) is 15.8. The van der Waals surface area contributed by atoms with Gasteiger partial charge in [0.25, 0.3) is 0 Å². The van der Waals surface area contributed by atoms with Crippen LogP contribution < -0.4 is 0 Å². The van der Waals surface area contributed by atoms with Crippen molar-refractivity contribution < 1.29 is 4.42 Å². The van der Waals surface area contributed by atoms with Crippen molar-refractivity contribution in [1.82, 2.24) is 9.97 Å². The highest BCUT2D eigenvalue weighted by molar-refractivity contribution is 6.15. The summed E-state index contributed by atoms with van der Waals surface area (Å²) in [7, 11) is 0. The second-order valence-corrected chi connectivity index (χ2v) is 9.04. The predicted molar refractivity (Wildman–Crippen MR) is 131 cm³/mol. The number of pyridine rings is 2. The zero-order chi connectivity index (χ0) is 21.5. The van der Waals surface area contributed by atoms with Gasteiger partial charge >= 0.3 is 0 Å². The van der Waals surface area contributed by atoms with Crippen LogP contribution in [0.5, 0.6) is 0 Å². The van der Waals surface area contributed by atoms with E-state index in [0.717, 1.165) is 51.2 Å². The number of furan rings is 1. The van der Waals surface area contributed by atoms with Gasteiger partial charge in [0, 0.05) is 28.2 Å². The number of hydrogen-bond donors (Lipinski definition) is 0.